The zero-order valence-electron chi connectivity index (χ0n) is 17.2. The number of hydrogen-bond acceptors (Lipinski definition) is 7. The molecule has 3 N–H and O–H groups in total. The van der Waals surface area contributed by atoms with Gasteiger partial charge in [0.1, 0.15) is 24.2 Å². The van der Waals surface area contributed by atoms with Crippen molar-refractivity contribution in [2.45, 2.75) is 12.4 Å². The number of rotatable bonds is 15. The number of hydrogen-bond donors (Lipinski definition) is 3. The Kier molecular flexibility index (Phi) is 11.3. The Bertz CT molecular complexity index is 701. The minimum absolute atomic E-state index is 0.180. The Labute approximate surface area is 177 Å². The monoisotopic (exact) mass is 418 g/mol. The second-order valence-electron chi connectivity index (χ2n) is 6.40. The summed E-state index contributed by atoms with van der Waals surface area (Å²) in [6.45, 7) is 1.93. The lowest BCUT2D eigenvalue weighted by Crippen LogP contribution is -2.42. The van der Waals surface area contributed by atoms with Crippen molar-refractivity contribution in [3.63, 3.8) is 0 Å². The number of aliphatic hydroxyl groups is 1. The topological polar surface area (TPSA) is 98.3 Å². The molecular formula is C22H30N2O6. The number of benzene rings is 2. The normalized spacial score (nSPS) is 12.7. The van der Waals surface area contributed by atoms with Gasteiger partial charge in [0.15, 0.2) is 0 Å². The summed E-state index contributed by atoms with van der Waals surface area (Å²) < 4.78 is 21.7. The first-order valence-electron chi connectivity index (χ1n) is 9.85. The SMILES string of the molecule is COCCNC(=O)C(OCCNCC(O)COc1ccccc1)Oc1ccccc1. The fourth-order valence-electron chi connectivity index (χ4n) is 2.42. The van der Waals surface area contributed by atoms with E-state index >= 15 is 0 Å². The zero-order valence-corrected chi connectivity index (χ0v) is 17.2. The summed E-state index contributed by atoms with van der Waals surface area (Å²) in [5, 5.41) is 15.8. The minimum atomic E-state index is -1.09. The van der Waals surface area contributed by atoms with Crippen LogP contribution in [-0.2, 0) is 14.3 Å². The number of ether oxygens (including phenoxy) is 4. The maximum Gasteiger partial charge on any atom is 0.289 e. The van der Waals surface area contributed by atoms with Crippen LogP contribution in [0, 0.1) is 0 Å². The third-order valence-corrected chi connectivity index (χ3v) is 3.92. The van der Waals surface area contributed by atoms with Crippen LogP contribution in [0.2, 0.25) is 0 Å². The van der Waals surface area contributed by atoms with E-state index in [4.69, 9.17) is 18.9 Å². The van der Waals surface area contributed by atoms with Gasteiger partial charge in [-0.3, -0.25) is 4.79 Å². The van der Waals surface area contributed by atoms with Crippen molar-refractivity contribution in [2.75, 3.05) is 46.6 Å². The summed E-state index contributed by atoms with van der Waals surface area (Å²) in [5.74, 6) is 0.860. The number of nitrogens with one attached hydrogen (secondary N) is 2. The quantitative estimate of drug-likeness (QED) is 0.295. The molecular weight excluding hydrogens is 388 g/mol. The zero-order chi connectivity index (χ0) is 21.4. The molecule has 0 fully saturated rings. The van der Waals surface area contributed by atoms with Crippen LogP contribution in [0.5, 0.6) is 11.5 Å². The molecule has 0 aromatic heterocycles. The smallest absolute Gasteiger partial charge is 0.289 e. The van der Waals surface area contributed by atoms with Crippen molar-refractivity contribution in [1.29, 1.82) is 0 Å². The van der Waals surface area contributed by atoms with Gasteiger partial charge >= 0.3 is 0 Å². The van der Waals surface area contributed by atoms with E-state index in [-0.39, 0.29) is 19.1 Å². The van der Waals surface area contributed by atoms with E-state index in [1.54, 1.807) is 19.2 Å². The summed E-state index contributed by atoms with van der Waals surface area (Å²) in [6.07, 6.45) is -1.75. The summed E-state index contributed by atoms with van der Waals surface area (Å²) in [4.78, 5) is 12.3. The van der Waals surface area contributed by atoms with E-state index in [0.29, 0.717) is 37.7 Å². The van der Waals surface area contributed by atoms with Crippen molar-refractivity contribution in [2.24, 2.45) is 0 Å². The Hall–Kier alpha value is -2.65. The second kappa shape index (κ2) is 14.4. The first-order chi connectivity index (χ1) is 14.7. The lowest BCUT2D eigenvalue weighted by molar-refractivity contribution is -0.152. The number of para-hydroxylation sites is 2. The average molecular weight is 418 g/mol. The van der Waals surface area contributed by atoms with E-state index in [1.165, 1.54) is 0 Å². The molecule has 0 saturated carbocycles. The van der Waals surface area contributed by atoms with Crippen LogP contribution in [0.3, 0.4) is 0 Å². The average Bonchev–Trinajstić information content (AvgIpc) is 2.78. The molecule has 0 bridgehead atoms. The van der Waals surface area contributed by atoms with Crippen molar-refractivity contribution in [1.82, 2.24) is 10.6 Å². The van der Waals surface area contributed by atoms with Crippen LogP contribution in [0.25, 0.3) is 0 Å². The molecule has 0 aliphatic rings. The standard InChI is InChI=1S/C22H30N2O6/c1-27-14-13-24-21(26)22(30-20-10-6-3-7-11-20)28-15-12-23-16-18(25)17-29-19-8-4-2-5-9-19/h2-11,18,22-23,25H,12-17H2,1H3,(H,24,26). The maximum atomic E-state index is 12.3. The lowest BCUT2D eigenvalue weighted by Gasteiger charge is -2.19. The van der Waals surface area contributed by atoms with Gasteiger partial charge in [-0.2, -0.15) is 0 Å². The molecule has 2 aromatic rings. The van der Waals surface area contributed by atoms with Crippen molar-refractivity contribution in [3.05, 3.63) is 60.7 Å². The molecule has 2 atom stereocenters. The highest BCUT2D eigenvalue weighted by Crippen LogP contribution is 2.12. The van der Waals surface area contributed by atoms with E-state index in [2.05, 4.69) is 10.6 Å². The Balaban J connectivity index is 1.68. The number of amides is 1. The van der Waals surface area contributed by atoms with Crippen LogP contribution in [-0.4, -0.2) is 70.0 Å². The van der Waals surface area contributed by atoms with Crippen LogP contribution < -0.4 is 20.1 Å². The first-order valence-corrected chi connectivity index (χ1v) is 9.85. The fourth-order valence-corrected chi connectivity index (χ4v) is 2.42. The fraction of sp³-hybridized carbons (Fsp3) is 0.409. The molecule has 8 nitrogen and oxygen atoms in total. The largest absolute Gasteiger partial charge is 0.491 e. The summed E-state index contributed by atoms with van der Waals surface area (Å²) >= 11 is 0. The van der Waals surface area contributed by atoms with E-state index < -0.39 is 12.4 Å². The van der Waals surface area contributed by atoms with E-state index in [0.717, 1.165) is 0 Å². The molecule has 0 radical (unpaired) electrons. The molecule has 30 heavy (non-hydrogen) atoms. The third-order valence-electron chi connectivity index (χ3n) is 3.92. The number of carbonyl (C=O) groups is 1. The van der Waals surface area contributed by atoms with Gasteiger partial charge in [-0.25, -0.2) is 0 Å². The van der Waals surface area contributed by atoms with Crippen molar-refractivity contribution in [3.8, 4) is 11.5 Å². The van der Waals surface area contributed by atoms with Gasteiger partial charge in [-0.05, 0) is 24.3 Å². The predicted molar refractivity (Wildman–Crippen MR) is 113 cm³/mol. The Morgan fingerprint density at radius 3 is 2.30 bits per heavy atom. The van der Waals surface area contributed by atoms with Gasteiger partial charge in [0.25, 0.3) is 12.2 Å². The van der Waals surface area contributed by atoms with Gasteiger partial charge in [-0.1, -0.05) is 36.4 Å². The molecule has 0 aliphatic heterocycles. The highest BCUT2D eigenvalue weighted by molar-refractivity contribution is 5.79. The van der Waals surface area contributed by atoms with Gasteiger partial charge < -0.3 is 34.7 Å². The van der Waals surface area contributed by atoms with Crippen LogP contribution >= 0.6 is 0 Å². The van der Waals surface area contributed by atoms with Gasteiger partial charge in [0.2, 0.25) is 0 Å². The predicted octanol–water partition coefficient (Wildman–Crippen LogP) is 1.20. The molecule has 0 saturated heterocycles. The summed E-state index contributed by atoms with van der Waals surface area (Å²) in [6, 6.07) is 18.3. The minimum Gasteiger partial charge on any atom is -0.491 e. The van der Waals surface area contributed by atoms with Gasteiger partial charge in [0.05, 0.1) is 13.2 Å². The van der Waals surface area contributed by atoms with E-state index in [1.807, 2.05) is 48.5 Å². The first kappa shape index (κ1) is 23.6. The van der Waals surface area contributed by atoms with Crippen molar-refractivity contribution >= 4 is 5.91 Å². The molecule has 8 heteroatoms. The van der Waals surface area contributed by atoms with E-state index in [9.17, 15) is 9.90 Å². The molecule has 0 heterocycles. The van der Waals surface area contributed by atoms with Crippen LogP contribution in [0.4, 0.5) is 0 Å². The third kappa shape index (κ3) is 9.71. The lowest BCUT2D eigenvalue weighted by atomic mass is 10.3. The molecule has 1 amide bonds. The molecule has 2 unspecified atom stereocenters. The molecule has 164 valence electrons. The number of aliphatic hydroxyl groups excluding tert-OH is 1. The molecule has 0 aliphatic carbocycles. The summed E-state index contributed by atoms with van der Waals surface area (Å²) in [7, 11) is 1.56. The van der Waals surface area contributed by atoms with Gasteiger partial charge in [-0.15, -0.1) is 0 Å². The maximum absolute atomic E-state index is 12.3. The highest BCUT2D eigenvalue weighted by Gasteiger charge is 2.20. The number of methoxy groups -OCH3 is 1. The van der Waals surface area contributed by atoms with Crippen molar-refractivity contribution < 1.29 is 28.8 Å². The molecule has 0 spiro atoms. The van der Waals surface area contributed by atoms with Gasteiger partial charge in [0, 0.05) is 26.7 Å². The highest BCUT2D eigenvalue weighted by atomic mass is 16.7. The number of carbonyl (C=O) groups excluding carboxylic acids is 1. The second-order valence-corrected chi connectivity index (χ2v) is 6.40. The Morgan fingerprint density at radius 1 is 0.967 bits per heavy atom. The van der Waals surface area contributed by atoms with Crippen LogP contribution in [0.15, 0.2) is 60.7 Å². The van der Waals surface area contributed by atoms with Crippen LogP contribution in [0.1, 0.15) is 0 Å². The molecule has 2 rings (SSSR count). The molecule has 2 aromatic carbocycles. The summed E-state index contributed by atoms with van der Waals surface area (Å²) in [5.41, 5.74) is 0. The Morgan fingerprint density at radius 2 is 1.63 bits per heavy atom.